The van der Waals surface area contributed by atoms with E-state index < -0.39 is 41.9 Å². The molecule has 216 valence electrons. The van der Waals surface area contributed by atoms with Crippen molar-refractivity contribution in [1.29, 1.82) is 0 Å². The molecule has 2 N–H and O–H groups in total. The van der Waals surface area contributed by atoms with Gasteiger partial charge in [-0.2, -0.15) is 0 Å². The highest BCUT2D eigenvalue weighted by Gasteiger charge is 2.40. The van der Waals surface area contributed by atoms with Crippen molar-refractivity contribution >= 4 is 6.09 Å². The number of carbonyl (C=O) groups excluding carboxylic acids is 1. The maximum absolute atomic E-state index is 14.9. The number of halogens is 3. The zero-order chi connectivity index (χ0) is 28.9. The first-order chi connectivity index (χ1) is 19.1. The second kappa shape index (κ2) is 12.9. The van der Waals surface area contributed by atoms with Crippen molar-refractivity contribution in [3.63, 3.8) is 0 Å². The van der Waals surface area contributed by atoms with Crippen molar-refractivity contribution in [2.24, 2.45) is 11.1 Å². The predicted molar refractivity (Wildman–Crippen MR) is 148 cm³/mol. The smallest absolute Gasteiger partial charge is 0.351 e. The minimum absolute atomic E-state index is 0.0198. The van der Waals surface area contributed by atoms with Crippen LogP contribution in [0.1, 0.15) is 57.5 Å². The number of aromatic nitrogens is 2. The fraction of sp³-hybridized carbons (Fsp3) is 0.467. The van der Waals surface area contributed by atoms with Crippen LogP contribution >= 0.6 is 0 Å². The third-order valence-electron chi connectivity index (χ3n) is 7.03. The lowest BCUT2D eigenvalue weighted by Crippen LogP contribution is -2.46. The molecule has 2 atom stereocenters. The average molecular weight is 558 g/mol. The number of imidazole rings is 1. The van der Waals surface area contributed by atoms with Crippen LogP contribution in [0.15, 0.2) is 54.7 Å². The summed E-state index contributed by atoms with van der Waals surface area (Å²) >= 11 is 0. The summed E-state index contributed by atoms with van der Waals surface area (Å²) < 4.78 is 44.2. The molecule has 1 aliphatic heterocycles. The van der Waals surface area contributed by atoms with Gasteiger partial charge in [-0.3, -0.25) is 4.90 Å². The molecule has 3 aromatic rings. The highest BCUT2D eigenvalue weighted by Crippen LogP contribution is 2.40. The standard InChI is InChI=1S/C30H38F3N5O2/c1-30(2,3)27(38(16-13-23(34)18-31)29(39)40-37-14-7-8-15-37)28-35-26(24-17-22(32)11-12-25(24)33)20-36(28)19-21-9-5-4-6-10-21/h4-6,9-12,17,20,23,27H,7-8,13-16,18-19,34H2,1-3H3/t23-,27-/m0/s1. The first kappa shape index (κ1) is 29.6. The van der Waals surface area contributed by atoms with Crippen molar-refractivity contribution in [3.05, 3.63) is 77.8 Å². The summed E-state index contributed by atoms with van der Waals surface area (Å²) in [7, 11) is 0. The van der Waals surface area contributed by atoms with E-state index in [0.29, 0.717) is 25.5 Å². The quantitative estimate of drug-likeness (QED) is 0.326. The molecule has 10 heteroatoms. The van der Waals surface area contributed by atoms with Crippen LogP contribution in [0.4, 0.5) is 18.0 Å². The third-order valence-corrected chi connectivity index (χ3v) is 7.03. The number of nitrogens with zero attached hydrogens (tertiary/aromatic N) is 4. The zero-order valence-electron chi connectivity index (χ0n) is 23.3. The molecule has 0 saturated carbocycles. The third kappa shape index (κ3) is 7.22. The fourth-order valence-electron chi connectivity index (χ4n) is 5.02. The van der Waals surface area contributed by atoms with E-state index in [4.69, 9.17) is 15.6 Å². The molecule has 0 unspecified atom stereocenters. The molecule has 1 saturated heterocycles. The van der Waals surface area contributed by atoms with Crippen LogP contribution in [-0.4, -0.2) is 58.0 Å². The second-order valence-electron chi connectivity index (χ2n) is 11.4. The monoisotopic (exact) mass is 557 g/mol. The SMILES string of the molecule is CC(C)(C)[C@H](c1nc(-c2cc(F)ccc2F)cn1Cc1ccccc1)N(CC[C@H](N)CF)C(=O)ON1CCCC1. The van der Waals surface area contributed by atoms with Crippen molar-refractivity contribution in [2.45, 2.75) is 58.7 Å². The number of amides is 1. The summed E-state index contributed by atoms with van der Waals surface area (Å²) in [5.41, 5.74) is 6.56. The Morgan fingerprint density at radius 2 is 1.82 bits per heavy atom. The first-order valence-corrected chi connectivity index (χ1v) is 13.7. The van der Waals surface area contributed by atoms with E-state index in [1.54, 1.807) is 16.2 Å². The number of carbonyl (C=O) groups is 1. The Bertz CT molecular complexity index is 1270. The van der Waals surface area contributed by atoms with Gasteiger partial charge in [0.05, 0.1) is 11.7 Å². The van der Waals surface area contributed by atoms with Gasteiger partial charge >= 0.3 is 6.09 Å². The van der Waals surface area contributed by atoms with E-state index in [2.05, 4.69) is 0 Å². The fourth-order valence-corrected chi connectivity index (χ4v) is 5.02. The van der Waals surface area contributed by atoms with Crippen LogP contribution < -0.4 is 5.73 Å². The van der Waals surface area contributed by atoms with E-state index in [-0.39, 0.29) is 24.2 Å². The number of alkyl halides is 1. The normalized spacial score (nSPS) is 15.7. The van der Waals surface area contributed by atoms with Crippen molar-refractivity contribution in [3.8, 4) is 11.3 Å². The Hall–Kier alpha value is -3.37. The number of hydroxylamine groups is 2. The van der Waals surface area contributed by atoms with Gasteiger partial charge < -0.3 is 15.1 Å². The molecule has 1 fully saturated rings. The molecule has 4 rings (SSSR count). The van der Waals surface area contributed by atoms with Crippen LogP contribution in [0.3, 0.4) is 0 Å². The number of rotatable bonds is 10. The van der Waals surface area contributed by atoms with Crippen molar-refractivity contribution < 1.29 is 22.8 Å². The lowest BCUT2D eigenvalue weighted by atomic mass is 9.84. The van der Waals surface area contributed by atoms with Crippen LogP contribution in [-0.2, 0) is 11.4 Å². The summed E-state index contributed by atoms with van der Waals surface area (Å²) in [5, 5.41) is 1.63. The minimum Gasteiger partial charge on any atom is -0.351 e. The molecular weight excluding hydrogens is 519 g/mol. The van der Waals surface area contributed by atoms with Crippen LogP contribution in [0.2, 0.25) is 0 Å². The molecule has 1 amide bonds. The number of nitrogens with two attached hydrogens (primary N) is 1. The lowest BCUT2D eigenvalue weighted by molar-refractivity contribution is -0.104. The molecule has 1 aliphatic rings. The summed E-state index contributed by atoms with van der Waals surface area (Å²) in [5.74, 6) is -0.718. The summed E-state index contributed by atoms with van der Waals surface area (Å²) in [6, 6.07) is 11.5. The molecule has 0 aliphatic carbocycles. The molecule has 1 aromatic heterocycles. The van der Waals surface area contributed by atoms with E-state index >= 15 is 0 Å². The first-order valence-electron chi connectivity index (χ1n) is 13.7. The van der Waals surface area contributed by atoms with E-state index in [1.807, 2.05) is 55.7 Å². The van der Waals surface area contributed by atoms with Crippen molar-refractivity contribution in [1.82, 2.24) is 19.5 Å². The van der Waals surface area contributed by atoms with E-state index in [9.17, 15) is 18.0 Å². The van der Waals surface area contributed by atoms with Gasteiger partial charge in [-0.05, 0) is 48.4 Å². The predicted octanol–water partition coefficient (Wildman–Crippen LogP) is 6.10. The lowest BCUT2D eigenvalue weighted by Gasteiger charge is -2.40. The number of hydrogen-bond acceptors (Lipinski definition) is 5. The summed E-state index contributed by atoms with van der Waals surface area (Å²) in [4.78, 5) is 25.8. The molecule has 2 heterocycles. The molecule has 0 radical (unpaired) electrons. The van der Waals surface area contributed by atoms with Crippen LogP contribution in [0, 0.1) is 17.0 Å². The van der Waals surface area contributed by atoms with Gasteiger partial charge in [0, 0.05) is 44.0 Å². The zero-order valence-corrected chi connectivity index (χ0v) is 23.3. The van der Waals surface area contributed by atoms with Gasteiger partial charge in [0.1, 0.15) is 24.1 Å². The largest absolute Gasteiger partial charge is 0.429 e. The molecule has 2 aromatic carbocycles. The minimum atomic E-state index is -0.747. The van der Waals surface area contributed by atoms with Crippen LogP contribution in [0.5, 0.6) is 0 Å². The Morgan fingerprint density at radius 3 is 2.48 bits per heavy atom. The van der Waals surface area contributed by atoms with Gasteiger partial charge in [-0.25, -0.2) is 22.9 Å². The number of benzene rings is 2. The molecular formula is C30H38F3N5O2. The maximum atomic E-state index is 14.9. The van der Waals surface area contributed by atoms with Gasteiger partial charge in [-0.15, -0.1) is 5.06 Å². The Kier molecular flexibility index (Phi) is 9.52. The topological polar surface area (TPSA) is 76.6 Å². The average Bonchev–Trinajstić information content (AvgIpc) is 3.57. The summed E-state index contributed by atoms with van der Waals surface area (Å²) in [6.07, 6.45) is 3.15. The second-order valence-corrected chi connectivity index (χ2v) is 11.4. The number of hydrogen-bond donors (Lipinski definition) is 1. The van der Waals surface area contributed by atoms with E-state index in [0.717, 1.165) is 36.6 Å². The Labute approximate surface area is 233 Å². The van der Waals surface area contributed by atoms with Gasteiger partial charge in [-0.1, -0.05) is 51.1 Å². The maximum Gasteiger partial charge on any atom is 0.429 e. The van der Waals surface area contributed by atoms with Crippen LogP contribution in [0.25, 0.3) is 11.3 Å². The Balaban J connectivity index is 1.82. The van der Waals surface area contributed by atoms with Gasteiger partial charge in [0.2, 0.25) is 0 Å². The summed E-state index contributed by atoms with van der Waals surface area (Å²) in [6.45, 7) is 6.95. The van der Waals surface area contributed by atoms with Gasteiger partial charge in [0.15, 0.2) is 0 Å². The Morgan fingerprint density at radius 1 is 1.12 bits per heavy atom. The van der Waals surface area contributed by atoms with E-state index in [1.165, 1.54) is 0 Å². The molecule has 40 heavy (non-hydrogen) atoms. The molecule has 0 spiro atoms. The highest BCUT2D eigenvalue weighted by molar-refractivity contribution is 5.68. The molecule has 0 bridgehead atoms. The van der Waals surface area contributed by atoms with Crippen molar-refractivity contribution in [2.75, 3.05) is 26.3 Å². The highest BCUT2D eigenvalue weighted by atomic mass is 19.1. The van der Waals surface area contributed by atoms with Gasteiger partial charge in [0.25, 0.3) is 0 Å². The molecule has 7 nitrogen and oxygen atoms in total.